The maximum atomic E-state index is 5.98. The van der Waals surface area contributed by atoms with E-state index < -0.39 is 0 Å². The highest BCUT2D eigenvalue weighted by Crippen LogP contribution is 2.29. The van der Waals surface area contributed by atoms with Gasteiger partial charge >= 0.3 is 0 Å². The number of halogens is 1. The number of alkyl halides is 1. The zero-order valence-electron chi connectivity index (χ0n) is 9.16. The average Bonchev–Trinajstić information content (AvgIpc) is 2.65. The van der Waals surface area contributed by atoms with E-state index in [0.717, 1.165) is 18.8 Å². The van der Waals surface area contributed by atoms with E-state index in [4.69, 9.17) is 16.3 Å². The third kappa shape index (κ3) is 2.11. The number of ether oxygens (including phenoxy) is 1. The van der Waals surface area contributed by atoms with Crippen molar-refractivity contribution in [2.75, 3.05) is 26.6 Å². The molecule has 1 aliphatic heterocycles. The van der Waals surface area contributed by atoms with Gasteiger partial charge in [-0.2, -0.15) is 0 Å². The summed E-state index contributed by atoms with van der Waals surface area (Å²) in [5.41, 5.74) is 2.59. The van der Waals surface area contributed by atoms with Crippen LogP contribution in [0.1, 0.15) is 17.2 Å². The zero-order valence-corrected chi connectivity index (χ0v) is 9.92. The zero-order chi connectivity index (χ0) is 10.8. The molecule has 2 rings (SSSR count). The van der Waals surface area contributed by atoms with Gasteiger partial charge in [0.05, 0.1) is 6.61 Å². The largest absolute Gasteiger partial charge is 0.493 e. The molecule has 1 atom stereocenters. The van der Waals surface area contributed by atoms with Gasteiger partial charge in [-0.3, -0.25) is 0 Å². The third-order valence-electron chi connectivity index (χ3n) is 2.87. The summed E-state index contributed by atoms with van der Waals surface area (Å²) in [5.74, 6) is 1.65. The Hall–Kier alpha value is -0.730. The summed E-state index contributed by atoms with van der Waals surface area (Å²) in [7, 11) is 4.10. The van der Waals surface area contributed by atoms with Crippen molar-refractivity contribution in [2.24, 2.45) is 0 Å². The van der Waals surface area contributed by atoms with Gasteiger partial charge in [0.2, 0.25) is 0 Å². The first kappa shape index (κ1) is 10.8. The molecule has 0 bridgehead atoms. The number of nitrogens with zero attached hydrogens (tertiary/aromatic N) is 1. The van der Waals surface area contributed by atoms with E-state index in [0.29, 0.717) is 5.88 Å². The molecule has 82 valence electrons. The van der Waals surface area contributed by atoms with Crippen LogP contribution in [0, 0.1) is 0 Å². The summed E-state index contributed by atoms with van der Waals surface area (Å²) in [6.07, 6.45) is 1.02. The molecule has 0 saturated carbocycles. The van der Waals surface area contributed by atoms with Gasteiger partial charge < -0.3 is 9.64 Å². The predicted molar refractivity (Wildman–Crippen MR) is 62.8 cm³/mol. The molecule has 1 aliphatic rings. The number of fused-ring (bicyclic) bond motifs is 1. The van der Waals surface area contributed by atoms with E-state index >= 15 is 0 Å². The molecule has 15 heavy (non-hydrogen) atoms. The third-order valence-corrected chi connectivity index (χ3v) is 3.16. The molecule has 2 nitrogen and oxygen atoms in total. The fraction of sp³-hybridized carbons (Fsp3) is 0.500. The molecule has 0 saturated heterocycles. The second-order valence-corrected chi connectivity index (χ2v) is 4.41. The highest BCUT2D eigenvalue weighted by Gasteiger charge is 2.17. The predicted octanol–water partition coefficient (Wildman–Crippen LogP) is 2.46. The lowest BCUT2D eigenvalue weighted by molar-refractivity contribution is 0.324. The summed E-state index contributed by atoms with van der Waals surface area (Å²) < 4.78 is 5.48. The lowest BCUT2D eigenvalue weighted by atomic mass is 10.0. The van der Waals surface area contributed by atoms with Crippen molar-refractivity contribution < 1.29 is 4.74 Å². The molecular formula is C12H16ClNO. The van der Waals surface area contributed by atoms with Gasteiger partial charge in [0.1, 0.15) is 5.75 Å². The molecule has 1 heterocycles. The van der Waals surface area contributed by atoms with Crippen molar-refractivity contribution in [2.45, 2.75) is 12.5 Å². The molecule has 3 heteroatoms. The van der Waals surface area contributed by atoms with E-state index in [1.165, 1.54) is 11.1 Å². The summed E-state index contributed by atoms with van der Waals surface area (Å²) in [6.45, 7) is 0.812. The summed E-state index contributed by atoms with van der Waals surface area (Å²) in [5, 5.41) is 0. The summed E-state index contributed by atoms with van der Waals surface area (Å²) in [6, 6.07) is 6.67. The first-order chi connectivity index (χ1) is 7.22. The Morgan fingerprint density at radius 2 is 2.27 bits per heavy atom. The summed E-state index contributed by atoms with van der Waals surface area (Å²) >= 11 is 5.98. The van der Waals surface area contributed by atoms with Crippen LogP contribution in [-0.4, -0.2) is 31.5 Å². The lowest BCUT2D eigenvalue weighted by Crippen LogP contribution is -2.21. The van der Waals surface area contributed by atoms with E-state index in [9.17, 15) is 0 Å². The van der Waals surface area contributed by atoms with Crippen molar-refractivity contribution in [3.63, 3.8) is 0 Å². The van der Waals surface area contributed by atoms with Gasteiger partial charge in [-0.15, -0.1) is 11.6 Å². The van der Waals surface area contributed by atoms with E-state index in [2.05, 4.69) is 37.2 Å². The normalized spacial score (nSPS) is 16.3. The van der Waals surface area contributed by atoms with Crippen molar-refractivity contribution in [1.29, 1.82) is 0 Å². The van der Waals surface area contributed by atoms with E-state index in [1.54, 1.807) is 0 Å². The van der Waals surface area contributed by atoms with Gasteiger partial charge in [0, 0.05) is 18.3 Å². The number of benzene rings is 1. The Morgan fingerprint density at radius 1 is 1.47 bits per heavy atom. The first-order valence-electron chi connectivity index (χ1n) is 5.20. The van der Waals surface area contributed by atoms with Crippen LogP contribution in [0.2, 0.25) is 0 Å². The molecule has 0 amide bonds. The lowest BCUT2D eigenvalue weighted by Gasteiger charge is -2.22. The van der Waals surface area contributed by atoms with Gasteiger partial charge in [-0.25, -0.2) is 0 Å². The highest BCUT2D eigenvalue weighted by atomic mass is 35.5. The smallest absolute Gasteiger partial charge is 0.122 e. The van der Waals surface area contributed by atoms with E-state index in [-0.39, 0.29) is 6.04 Å². The van der Waals surface area contributed by atoms with Gasteiger partial charge in [-0.05, 0) is 31.3 Å². The minimum atomic E-state index is 0.289. The SMILES string of the molecule is CN(C)C(CCl)c1ccc2c(c1)CCO2. The standard InChI is InChI=1S/C12H16ClNO/c1-14(2)11(8-13)9-3-4-12-10(7-9)5-6-15-12/h3-4,7,11H,5-6,8H2,1-2H3. The molecule has 0 spiro atoms. The second kappa shape index (κ2) is 4.42. The minimum absolute atomic E-state index is 0.289. The van der Waals surface area contributed by atoms with E-state index in [1.807, 2.05) is 0 Å². The quantitative estimate of drug-likeness (QED) is 0.733. The molecule has 1 unspecified atom stereocenters. The van der Waals surface area contributed by atoms with Gasteiger partial charge in [0.15, 0.2) is 0 Å². The van der Waals surface area contributed by atoms with Crippen molar-refractivity contribution >= 4 is 11.6 Å². The number of hydrogen-bond acceptors (Lipinski definition) is 2. The molecule has 1 aromatic rings. The van der Waals surface area contributed by atoms with Crippen LogP contribution in [-0.2, 0) is 6.42 Å². The first-order valence-corrected chi connectivity index (χ1v) is 5.74. The molecule has 0 radical (unpaired) electrons. The molecule has 0 aromatic heterocycles. The van der Waals surface area contributed by atoms with Crippen LogP contribution < -0.4 is 4.74 Å². The van der Waals surface area contributed by atoms with Gasteiger partial charge in [-0.1, -0.05) is 12.1 Å². The highest BCUT2D eigenvalue weighted by molar-refractivity contribution is 6.18. The van der Waals surface area contributed by atoms with Crippen LogP contribution >= 0.6 is 11.6 Å². The second-order valence-electron chi connectivity index (χ2n) is 4.10. The Bertz CT molecular complexity index is 351. The fourth-order valence-electron chi connectivity index (χ4n) is 1.94. The molecule has 1 aromatic carbocycles. The van der Waals surface area contributed by atoms with Crippen molar-refractivity contribution in [3.05, 3.63) is 29.3 Å². The fourth-order valence-corrected chi connectivity index (χ4v) is 2.39. The summed E-state index contributed by atoms with van der Waals surface area (Å²) in [4.78, 5) is 2.14. The van der Waals surface area contributed by atoms with Crippen LogP contribution in [0.15, 0.2) is 18.2 Å². The molecule has 0 N–H and O–H groups in total. The Morgan fingerprint density at radius 3 is 2.93 bits per heavy atom. The Labute approximate surface area is 95.8 Å². The number of rotatable bonds is 3. The van der Waals surface area contributed by atoms with Crippen LogP contribution in [0.25, 0.3) is 0 Å². The maximum Gasteiger partial charge on any atom is 0.122 e. The van der Waals surface area contributed by atoms with Crippen LogP contribution in [0.4, 0.5) is 0 Å². The van der Waals surface area contributed by atoms with Crippen molar-refractivity contribution in [3.8, 4) is 5.75 Å². The van der Waals surface area contributed by atoms with Crippen LogP contribution in [0.5, 0.6) is 5.75 Å². The van der Waals surface area contributed by atoms with Crippen LogP contribution in [0.3, 0.4) is 0 Å². The Balaban J connectivity index is 2.28. The topological polar surface area (TPSA) is 12.5 Å². The average molecular weight is 226 g/mol. The molecular weight excluding hydrogens is 210 g/mol. The Kier molecular flexibility index (Phi) is 3.17. The van der Waals surface area contributed by atoms with Gasteiger partial charge in [0.25, 0.3) is 0 Å². The maximum absolute atomic E-state index is 5.98. The molecule has 0 fully saturated rings. The molecule has 0 aliphatic carbocycles. The number of hydrogen-bond donors (Lipinski definition) is 0. The monoisotopic (exact) mass is 225 g/mol. The minimum Gasteiger partial charge on any atom is -0.493 e. The van der Waals surface area contributed by atoms with Crippen molar-refractivity contribution in [1.82, 2.24) is 4.90 Å².